The van der Waals surface area contributed by atoms with Crippen molar-refractivity contribution in [3.63, 3.8) is 0 Å². The Kier molecular flexibility index (Phi) is 264. The zero-order chi connectivity index (χ0) is 0. The molecule has 0 heterocycles. The van der Waals surface area contributed by atoms with Crippen molar-refractivity contribution in [1.29, 1.82) is 0 Å². The molecule has 0 rings (SSSR count). The van der Waals surface area contributed by atoms with Crippen LogP contribution in [0.2, 0.25) is 0 Å². The normalized spacial score (nSPS) is 0. The van der Waals surface area contributed by atoms with E-state index in [1.54, 1.807) is 0 Å². The molecule has 6 N–H and O–H groups in total. The minimum atomic E-state index is 0. The summed E-state index contributed by atoms with van der Waals surface area (Å²) in [5, 5.41) is 0. The summed E-state index contributed by atoms with van der Waals surface area (Å²) >= 11 is 0. The van der Waals surface area contributed by atoms with Crippen molar-refractivity contribution in [3.8, 4) is 0 Å². The molecule has 6 heteroatoms. The Morgan fingerprint density at radius 1 is 0.667 bits per heavy atom. The van der Waals surface area contributed by atoms with Crippen molar-refractivity contribution in [2.24, 2.45) is 0 Å². The molecule has 3 nitrogen and oxygen atoms in total. The van der Waals surface area contributed by atoms with Gasteiger partial charge in [0, 0.05) is 0 Å². The Bertz CT molecular complexity index is 10.8. The van der Waals surface area contributed by atoms with Gasteiger partial charge in [0.25, 0.3) is 0 Å². The fourth-order valence-corrected chi connectivity index (χ4v) is 0. The molecule has 0 bridgehead atoms. The average molecular weight is 301 g/mol. The van der Waals surface area contributed by atoms with Crippen molar-refractivity contribution in [1.82, 2.24) is 0 Å². The topological polar surface area (TPSA) is 94.5 Å². The van der Waals surface area contributed by atoms with Gasteiger partial charge in [0.2, 0.25) is 0 Å². The third kappa shape index (κ3) is 23.6. The second-order valence-corrected chi connectivity index (χ2v) is 0. The van der Waals surface area contributed by atoms with Crippen LogP contribution in [0.15, 0.2) is 0 Å². The van der Waals surface area contributed by atoms with Gasteiger partial charge in [-0.25, -0.2) is 0 Å². The Morgan fingerprint density at radius 2 is 0.667 bits per heavy atom. The molecular formula is H10CsMgO3Rb. The molecule has 0 aromatic rings. The number of hydrogen-bond donors (Lipinski definition) is 0. The Labute approximate surface area is 161 Å². The van der Waals surface area contributed by atoms with Gasteiger partial charge in [0.05, 0.1) is 0 Å². The van der Waals surface area contributed by atoms with E-state index in [-0.39, 0.29) is 167 Å². The molecule has 32 valence electrons. The molecular weight excluding hydrogens is 291 g/mol. The first-order valence-corrected chi connectivity index (χ1v) is 0. The Balaban J connectivity index is 0. The monoisotopic (exact) mass is 300 g/mol. The summed E-state index contributed by atoms with van der Waals surface area (Å²) in [6, 6.07) is 0. The van der Waals surface area contributed by atoms with E-state index in [9.17, 15) is 0 Å². The molecule has 0 aliphatic rings. The molecule has 0 spiro atoms. The van der Waals surface area contributed by atoms with Crippen molar-refractivity contribution in [2.75, 3.05) is 0 Å². The van der Waals surface area contributed by atoms with Crippen LogP contribution in [0.1, 0.15) is 0 Å². The van der Waals surface area contributed by atoms with Crippen LogP contribution in [-0.4, -0.2) is 167 Å². The van der Waals surface area contributed by atoms with E-state index in [0.717, 1.165) is 0 Å². The summed E-state index contributed by atoms with van der Waals surface area (Å²) in [5.41, 5.74) is 0. The second kappa shape index (κ2) is 33.9. The van der Waals surface area contributed by atoms with E-state index in [2.05, 4.69) is 0 Å². The van der Waals surface area contributed by atoms with Gasteiger partial charge in [-0.1, -0.05) is 0 Å². The first-order chi connectivity index (χ1) is 0. The van der Waals surface area contributed by atoms with Crippen LogP contribution >= 0.6 is 0 Å². The fourth-order valence-electron chi connectivity index (χ4n) is 0. The molecule has 0 aromatic heterocycles. The summed E-state index contributed by atoms with van der Waals surface area (Å²) in [7, 11) is 0. The molecule has 0 aromatic carbocycles. The van der Waals surface area contributed by atoms with Gasteiger partial charge < -0.3 is 16.4 Å². The van der Waals surface area contributed by atoms with Gasteiger partial charge in [0.1, 0.15) is 0 Å². The van der Waals surface area contributed by atoms with Crippen LogP contribution in [0, 0.1) is 0 Å². The van der Waals surface area contributed by atoms with Crippen LogP contribution in [0.5, 0.6) is 0 Å². The van der Waals surface area contributed by atoms with Gasteiger partial charge in [0.15, 0.2) is 0 Å². The van der Waals surface area contributed by atoms with Gasteiger partial charge in [-0.3, -0.25) is 0 Å². The summed E-state index contributed by atoms with van der Waals surface area (Å²) in [6.07, 6.45) is 0. The maximum atomic E-state index is 0. The molecule has 0 amide bonds. The van der Waals surface area contributed by atoms with Crippen molar-refractivity contribution in [3.05, 3.63) is 0 Å². The molecule has 0 atom stereocenters. The van der Waals surface area contributed by atoms with Crippen molar-refractivity contribution in [2.45, 2.75) is 0 Å². The summed E-state index contributed by atoms with van der Waals surface area (Å²) < 4.78 is 0. The van der Waals surface area contributed by atoms with E-state index in [1.807, 2.05) is 0 Å². The molecule has 0 unspecified atom stereocenters. The minimum absolute atomic E-state index is 0. The fraction of sp³-hybridized carbons (Fsp3) is 0. The summed E-state index contributed by atoms with van der Waals surface area (Å²) in [4.78, 5) is 0. The Hall–Kier alpha value is 4.50. The van der Waals surface area contributed by atoms with E-state index >= 15 is 0 Å². The van der Waals surface area contributed by atoms with E-state index < -0.39 is 0 Å². The first kappa shape index (κ1) is 46.8. The first-order valence-electron chi connectivity index (χ1n) is 0. The number of hydrogen-bond acceptors (Lipinski definition) is 0. The quantitative estimate of drug-likeness (QED) is 0.402. The maximum absolute atomic E-state index is 0. The van der Waals surface area contributed by atoms with E-state index in [0.29, 0.717) is 0 Å². The zero-order valence-corrected chi connectivity index (χ0v) is 1.50. The predicted octanol–water partition coefficient (Wildman–Crippen LogP) is -4.69. The van der Waals surface area contributed by atoms with Gasteiger partial charge in [-0.05, 0) is 0 Å². The molecule has 0 saturated carbocycles. The van der Waals surface area contributed by atoms with Gasteiger partial charge >= 0.3 is 150 Å². The zero-order valence-electron chi connectivity index (χ0n) is 1.50. The summed E-state index contributed by atoms with van der Waals surface area (Å²) in [6.45, 7) is 0. The second-order valence-electron chi connectivity index (χ2n) is 0. The van der Waals surface area contributed by atoms with E-state index in [4.69, 9.17) is 0 Å². The molecule has 0 radical (unpaired) electrons. The standard InChI is InChI=1S/Cs.Mg.3H2O.Rb.4H/h;;3*1H2;;;;;. The van der Waals surface area contributed by atoms with Gasteiger partial charge in [-0.2, -0.15) is 0 Å². The van der Waals surface area contributed by atoms with E-state index in [1.165, 1.54) is 0 Å². The van der Waals surface area contributed by atoms with Crippen LogP contribution in [0.3, 0.4) is 0 Å². The van der Waals surface area contributed by atoms with Crippen LogP contribution < -0.4 is 0 Å². The van der Waals surface area contributed by atoms with Crippen molar-refractivity contribution >= 4 is 150 Å². The number of rotatable bonds is 0. The van der Waals surface area contributed by atoms with Crippen molar-refractivity contribution < 1.29 is 16.4 Å². The molecule has 6 heavy (non-hydrogen) atoms. The third-order valence-electron chi connectivity index (χ3n) is 0. The SMILES string of the molecule is O.O.O.[CsH].[MgH2].[RbH]. The third-order valence-corrected chi connectivity index (χ3v) is 0. The predicted molar refractivity (Wildman–Crippen MR) is 33.7 cm³/mol. The van der Waals surface area contributed by atoms with Crippen LogP contribution in [-0.2, 0) is 0 Å². The molecule has 0 aliphatic heterocycles. The van der Waals surface area contributed by atoms with Crippen LogP contribution in [0.25, 0.3) is 0 Å². The Morgan fingerprint density at radius 3 is 0.667 bits per heavy atom. The molecule has 0 saturated heterocycles. The molecule has 0 fully saturated rings. The summed E-state index contributed by atoms with van der Waals surface area (Å²) in [5.74, 6) is 0. The average Bonchev–Trinajstić information content (AvgIpc) is 0. The van der Waals surface area contributed by atoms with Gasteiger partial charge in [-0.15, -0.1) is 0 Å². The van der Waals surface area contributed by atoms with Crippen LogP contribution in [0.4, 0.5) is 0 Å². The molecule has 0 aliphatic carbocycles.